The number of piperidine rings is 1. The number of likely N-dealkylation sites (tertiary alicyclic amines) is 1. The molecule has 2 heterocycles. The van der Waals surface area contributed by atoms with Crippen LogP contribution in [0.2, 0.25) is 0 Å². The van der Waals surface area contributed by atoms with Crippen LogP contribution in [0.1, 0.15) is 40.0 Å². The van der Waals surface area contributed by atoms with E-state index in [4.69, 9.17) is 9.15 Å². The molecule has 1 unspecified atom stereocenters. The molecule has 1 saturated heterocycles. The number of hydrogen-bond acceptors (Lipinski definition) is 6. The monoisotopic (exact) mass is 459 g/mol. The predicted octanol–water partition coefficient (Wildman–Crippen LogP) is 2.56. The number of carbonyl (C=O) groups is 3. The lowest BCUT2D eigenvalue weighted by Gasteiger charge is -2.33. The van der Waals surface area contributed by atoms with Crippen molar-refractivity contribution in [1.82, 2.24) is 15.5 Å². The molecule has 0 aliphatic carbocycles. The van der Waals surface area contributed by atoms with Crippen molar-refractivity contribution in [2.24, 2.45) is 0 Å². The zero-order valence-corrected chi connectivity index (χ0v) is 19.2. The van der Waals surface area contributed by atoms with E-state index in [1.807, 2.05) is 6.26 Å². The number of rotatable bonds is 9. The normalized spacial score (nSPS) is 15.1. The topological polar surface area (TPSA) is 101 Å². The van der Waals surface area contributed by atoms with Gasteiger partial charge in [0.15, 0.2) is 0 Å². The molecule has 1 aromatic heterocycles. The van der Waals surface area contributed by atoms with Crippen LogP contribution in [0.25, 0.3) is 0 Å². The molecular weight excluding hydrogens is 430 g/mol. The number of furan rings is 1. The van der Waals surface area contributed by atoms with E-state index in [1.54, 1.807) is 47.0 Å². The SMILES string of the molecule is COc1ccccc1C(=O)NC(CCSC)C(=O)NC1CCN(C(=O)c2ccoc2)CC1. The molecular formula is C23H29N3O5S. The maximum atomic E-state index is 13.0. The van der Waals surface area contributed by atoms with E-state index in [0.717, 1.165) is 5.75 Å². The Labute approximate surface area is 192 Å². The molecule has 3 rings (SSSR count). The molecule has 8 nitrogen and oxygen atoms in total. The van der Waals surface area contributed by atoms with Crippen molar-refractivity contribution in [3.63, 3.8) is 0 Å². The standard InChI is InChI=1S/C23H29N3O5S/c1-30-20-6-4-3-5-18(20)21(27)25-19(10-14-32-2)22(28)24-17-7-11-26(12-8-17)23(29)16-9-13-31-15-16/h3-6,9,13,15,17,19H,7-8,10-12,14H2,1-2H3,(H,24,28)(H,25,27). The average molecular weight is 460 g/mol. The smallest absolute Gasteiger partial charge is 0.257 e. The van der Waals surface area contributed by atoms with Crippen LogP contribution in [0.3, 0.4) is 0 Å². The molecule has 3 amide bonds. The van der Waals surface area contributed by atoms with Gasteiger partial charge < -0.3 is 24.7 Å². The maximum Gasteiger partial charge on any atom is 0.257 e. The number of hydrogen-bond donors (Lipinski definition) is 2. The van der Waals surface area contributed by atoms with Crippen molar-refractivity contribution in [2.45, 2.75) is 31.3 Å². The average Bonchev–Trinajstić information content (AvgIpc) is 3.36. The molecule has 2 N–H and O–H groups in total. The van der Waals surface area contributed by atoms with Crippen molar-refractivity contribution < 1.29 is 23.5 Å². The van der Waals surface area contributed by atoms with Gasteiger partial charge in [-0.1, -0.05) is 12.1 Å². The van der Waals surface area contributed by atoms with Gasteiger partial charge in [-0.15, -0.1) is 0 Å². The lowest BCUT2D eigenvalue weighted by atomic mass is 10.0. The fraction of sp³-hybridized carbons (Fsp3) is 0.435. The molecule has 1 aliphatic heterocycles. The van der Waals surface area contributed by atoms with E-state index in [1.165, 1.54) is 19.6 Å². The van der Waals surface area contributed by atoms with Crippen LogP contribution in [0.5, 0.6) is 5.75 Å². The van der Waals surface area contributed by atoms with Gasteiger partial charge in [-0.3, -0.25) is 14.4 Å². The van der Waals surface area contributed by atoms with E-state index in [-0.39, 0.29) is 23.8 Å². The summed E-state index contributed by atoms with van der Waals surface area (Å²) in [5.74, 6) is 0.586. The minimum Gasteiger partial charge on any atom is -0.496 e. The van der Waals surface area contributed by atoms with Crippen LogP contribution in [0.4, 0.5) is 0 Å². The minimum atomic E-state index is -0.648. The first-order valence-electron chi connectivity index (χ1n) is 10.6. The zero-order valence-electron chi connectivity index (χ0n) is 18.3. The summed E-state index contributed by atoms with van der Waals surface area (Å²) in [6.07, 6.45) is 6.72. The Hall–Kier alpha value is -2.94. The second-order valence-corrected chi connectivity index (χ2v) is 8.58. The Kier molecular flexibility index (Phi) is 8.61. The summed E-state index contributed by atoms with van der Waals surface area (Å²) in [7, 11) is 1.51. The van der Waals surface area contributed by atoms with Crippen LogP contribution >= 0.6 is 11.8 Å². The number of benzene rings is 1. The van der Waals surface area contributed by atoms with E-state index in [9.17, 15) is 14.4 Å². The van der Waals surface area contributed by atoms with E-state index < -0.39 is 6.04 Å². The first kappa shape index (κ1) is 23.7. The molecule has 32 heavy (non-hydrogen) atoms. The number of methoxy groups -OCH3 is 1. The highest BCUT2D eigenvalue weighted by Gasteiger charge is 2.28. The second kappa shape index (κ2) is 11.6. The van der Waals surface area contributed by atoms with E-state index in [0.29, 0.717) is 49.2 Å². The molecule has 0 saturated carbocycles. The summed E-state index contributed by atoms with van der Waals surface area (Å²) >= 11 is 1.62. The number of nitrogens with one attached hydrogen (secondary N) is 2. The van der Waals surface area contributed by atoms with E-state index >= 15 is 0 Å². The largest absolute Gasteiger partial charge is 0.496 e. The van der Waals surface area contributed by atoms with Crippen LogP contribution in [0, 0.1) is 0 Å². The third kappa shape index (κ3) is 6.06. The van der Waals surface area contributed by atoms with Gasteiger partial charge >= 0.3 is 0 Å². The molecule has 0 spiro atoms. The Morgan fingerprint density at radius 1 is 1.22 bits per heavy atom. The van der Waals surface area contributed by atoms with Gasteiger partial charge in [-0.05, 0) is 49.5 Å². The number of nitrogens with zero attached hydrogens (tertiary/aromatic N) is 1. The van der Waals surface area contributed by atoms with Gasteiger partial charge in [0.2, 0.25) is 5.91 Å². The van der Waals surface area contributed by atoms with Gasteiger partial charge in [0.05, 0.1) is 24.5 Å². The van der Waals surface area contributed by atoms with Gasteiger partial charge in [0.25, 0.3) is 11.8 Å². The first-order chi connectivity index (χ1) is 15.5. The zero-order chi connectivity index (χ0) is 22.9. The first-order valence-corrected chi connectivity index (χ1v) is 12.0. The number of para-hydroxylation sites is 1. The molecule has 1 aliphatic rings. The van der Waals surface area contributed by atoms with Gasteiger partial charge in [-0.25, -0.2) is 0 Å². The Balaban J connectivity index is 1.56. The Bertz CT molecular complexity index is 910. The van der Waals surface area contributed by atoms with Gasteiger partial charge in [-0.2, -0.15) is 11.8 Å². The minimum absolute atomic E-state index is 0.0455. The quantitative estimate of drug-likeness (QED) is 0.598. The number of carbonyl (C=O) groups excluding carboxylic acids is 3. The van der Waals surface area contributed by atoms with Crippen molar-refractivity contribution in [3.8, 4) is 5.75 Å². The van der Waals surface area contributed by atoms with Crippen molar-refractivity contribution in [3.05, 3.63) is 54.0 Å². The summed E-state index contributed by atoms with van der Waals surface area (Å²) in [5.41, 5.74) is 0.923. The van der Waals surface area contributed by atoms with Crippen LogP contribution in [0.15, 0.2) is 47.3 Å². The molecule has 1 fully saturated rings. The molecule has 1 atom stereocenters. The molecule has 9 heteroatoms. The van der Waals surface area contributed by atoms with Crippen LogP contribution < -0.4 is 15.4 Å². The lowest BCUT2D eigenvalue weighted by Crippen LogP contribution is -2.52. The highest BCUT2D eigenvalue weighted by Crippen LogP contribution is 2.18. The van der Waals surface area contributed by atoms with E-state index in [2.05, 4.69) is 10.6 Å². The Morgan fingerprint density at radius 3 is 2.62 bits per heavy atom. The maximum absolute atomic E-state index is 13.0. The molecule has 172 valence electrons. The second-order valence-electron chi connectivity index (χ2n) is 7.59. The Morgan fingerprint density at radius 2 is 1.97 bits per heavy atom. The van der Waals surface area contributed by atoms with Gasteiger partial charge in [0, 0.05) is 19.1 Å². The third-order valence-electron chi connectivity index (χ3n) is 5.48. The molecule has 2 aromatic rings. The van der Waals surface area contributed by atoms with Crippen molar-refractivity contribution in [2.75, 3.05) is 32.2 Å². The predicted molar refractivity (Wildman–Crippen MR) is 123 cm³/mol. The summed E-state index contributed by atoms with van der Waals surface area (Å²) in [5, 5.41) is 5.92. The van der Waals surface area contributed by atoms with Crippen molar-refractivity contribution >= 4 is 29.5 Å². The molecule has 0 radical (unpaired) electrons. The number of amides is 3. The highest BCUT2D eigenvalue weighted by molar-refractivity contribution is 7.98. The summed E-state index contributed by atoms with van der Waals surface area (Å²) < 4.78 is 10.3. The summed E-state index contributed by atoms with van der Waals surface area (Å²) in [4.78, 5) is 40.0. The fourth-order valence-electron chi connectivity index (χ4n) is 3.67. The van der Waals surface area contributed by atoms with Gasteiger partial charge in [0.1, 0.15) is 18.1 Å². The van der Waals surface area contributed by atoms with Crippen LogP contribution in [-0.2, 0) is 4.79 Å². The third-order valence-corrected chi connectivity index (χ3v) is 6.12. The fourth-order valence-corrected chi connectivity index (χ4v) is 4.14. The van der Waals surface area contributed by atoms with Crippen LogP contribution in [-0.4, -0.2) is 66.9 Å². The summed E-state index contributed by atoms with van der Waals surface area (Å²) in [6, 6.07) is 7.89. The number of thioether (sulfide) groups is 1. The lowest BCUT2D eigenvalue weighted by molar-refractivity contribution is -0.124. The number of ether oxygens (including phenoxy) is 1. The van der Waals surface area contributed by atoms with Crippen molar-refractivity contribution in [1.29, 1.82) is 0 Å². The molecule has 0 bridgehead atoms. The summed E-state index contributed by atoms with van der Waals surface area (Å²) in [6.45, 7) is 1.11. The highest BCUT2D eigenvalue weighted by atomic mass is 32.2. The molecule has 1 aromatic carbocycles.